The van der Waals surface area contributed by atoms with Crippen molar-refractivity contribution in [3.05, 3.63) is 0 Å². The highest BCUT2D eigenvalue weighted by molar-refractivity contribution is 4.65. The highest BCUT2D eigenvalue weighted by Crippen LogP contribution is 2.08. The minimum absolute atomic E-state index is 0.0325. The summed E-state index contributed by atoms with van der Waals surface area (Å²) in [4.78, 5) is 2.27. The lowest BCUT2D eigenvalue weighted by molar-refractivity contribution is 0.157. The van der Waals surface area contributed by atoms with Gasteiger partial charge in [0, 0.05) is 6.54 Å². The van der Waals surface area contributed by atoms with Crippen LogP contribution in [-0.2, 0) is 0 Å². The first-order chi connectivity index (χ1) is 4.29. The van der Waals surface area contributed by atoms with Gasteiger partial charge in [0.1, 0.15) is 0 Å². The second-order valence-corrected chi connectivity index (χ2v) is 2.89. The predicted octanol–water partition coefficient (Wildman–Crippen LogP) is 0.463. The van der Waals surface area contributed by atoms with Crippen molar-refractivity contribution in [2.75, 3.05) is 20.1 Å². The summed E-state index contributed by atoms with van der Waals surface area (Å²) in [5.74, 6) is 0. The number of hydrogen-bond acceptors (Lipinski definition) is 2. The van der Waals surface area contributed by atoms with Crippen LogP contribution >= 0.6 is 0 Å². The first-order valence-corrected chi connectivity index (χ1v) is 3.65. The van der Waals surface area contributed by atoms with Gasteiger partial charge in [-0.2, -0.15) is 0 Å². The fourth-order valence-electron chi connectivity index (χ4n) is 1.22. The van der Waals surface area contributed by atoms with Crippen LogP contribution in [0.4, 0.5) is 0 Å². The summed E-state index contributed by atoms with van der Waals surface area (Å²) in [7, 11) is 2.11. The fourth-order valence-corrected chi connectivity index (χ4v) is 1.22. The van der Waals surface area contributed by atoms with Crippen molar-refractivity contribution in [3.8, 4) is 0 Å². The summed E-state index contributed by atoms with van der Waals surface area (Å²) in [5, 5.41) is 9.18. The highest BCUT2D eigenvalue weighted by Gasteiger charge is 2.10. The second kappa shape index (κ2) is 3.18. The molecule has 2 nitrogen and oxygen atoms in total. The van der Waals surface area contributed by atoms with E-state index in [4.69, 9.17) is 0 Å². The van der Waals surface area contributed by atoms with E-state index < -0.39 is 0 Å². The molecule has 0 saturated carbocycles. The summed E-state index contributed by atoms with van der Waals surface area (Å²) in [6.45, 7) is 2.21. The van der Waals surface area contributed by atoms with Crippen LogP contribution in [-0.4, -0.2) is 36.2 Å². The van der Waals surface area contributed by atoms with E-state index in [1.165, 1.54) is 0 Å². The van der Waals surface area contributed by atoms with Gasteiger partial charge in [-0.15, -0.1) is 0 Å². The number of likely N-dealkylation sites (tertiary alicyclic amines) is 1. The van der Waals surface area contributed by atoms with Crippen LogP contribution in [0.1, 0.15) is 19.3 Å². The third kappa shape index (κ3) is 2.33. The zero-order valence-corrected chi connectivity index (χ0v) is 6.01. The van der Waals surface area contributed by atoms with Crippen LogP contribution < -0.4 is 0 Å². The lowest BCUT2D eigenvalue weighted by Crippen LogP contribution is -2.19. The van der Waals surface area contributed by atoms with E-state index >= 15 is 0 Å². The second-order valence-electron chi connectivity index (χ2n) is 2.89. The summed E-state index contributed by atoms with van der Waals surface area (Å²) < 4.78 is 0. The Hall–Kier alpha value is -0.0800. The maximum atomic E-state index is 9.18. The van der Waals surface area contributed by atoms with Crippen molar-refractivity contribution in [1.29, 1.82) is 0 Å². The fraction of sp³-hybridized carbons (Fsp3) is 1.00. The molecule has 0 spiro atoms. The number of hydrogen-bond donors (Lipinski definition) is 1. The van der Waals surface area contributed by atoms with Crippen LogP contribution in [0.25, 0.3) is 0 Å². The van der Waals surface area contributed by atoms with Crippen LogP contribution in [0.5, 0.6) is 0 Å². The van der Waals surface area contributed by atoms with Gasteiger partial charge in [-0.25, -0.2) is 0 Å². The third-order valence-corrected chi connectivity index (χ3v) is 1.92. The Kier molecular flexibility index (Phi) is 2.49. The summed E-state index contributed by atoms with van der Waals surface area (Å²) in [6, 6.07) is 0. The molecular formula is C7H15NO. The van der Waals surface area contributed by atoms with Gasteiger partial charge in [0.05, 0.1) is 6.10 Å². The van der Waals surface area contributed by atoms with Crippen LogP contribution in [0.15, 0.2) is 0 Å². The van der Waals surface area contributed by atoms with Gasteiger partial charge in [-0.1, -0.05) is 0 Å². The molecule has 0 aliphatic carbocycles. The van der Waals surface area contributed by atoms with E-state index in [9.17, 15) is 5.11 Å². The lowest BCUT2D eigenvalue weighted by Gasteiger charge is -2.10. The number of nitrogens with zero attached hydrogens (tertiary/aromatic N) is 1. The first kappa shape index (κ1) is 7.03. The molecule has 1 atom stereocenters. The SMILES string of the molecule is CN1CCCC(O)CC1. The van der Waals surface area contributed by atoms with E-state index in [2.05, 4.69) is 11.9 Å². The molecule has 1 saturated heterocycles. The van der Waals surface area contributed by atoms with E-state index in [0.29, 0.717) is 0 Å². The summed E-state index contributed by atoms with van der Waals surface area (Å²) in [6.07, 6.45) is 3.06. The van der Waals surface area contributed by atoms with Crippen molar-refractivity contribution >= 4 is 0 Å². The zero-order valence-electron chi connectivity index (χ0n) is 6.01. The van der Waals surface area contributed by atoms with Crippen molar-refractivity contribution in [2.24, 2.45) is 0 Å². The molecule has 1 unspecified atom stereocenters. The molecule has 0 aromatic rings. The smallest absolute Gasteiger partial charge is 0.0553 e. The Labute approximate surface area is 56.5 Å². The third-order valence-electron chi connectivity index (χ3n) is 1.92. The standard InChI is InChI=1S/C7H15NO/c1-8-5-2-3-7(9)4-6-8/h7,9H,2-6H2,1H3. The molecule has 1 fully saturated rings. The molecule has 54 valence electrons. The molecule has 0 aromatic heterocycles. The summed E-state index contributed by atoms with van der Waals surface area (Å²) in [5.41, 5.74) is 0. The maximum Gasteiger partial charge on any atom is 0.0553 e. The molecule has 1 aliphatic rings. The van der Waals surface area contributed by atoms with E-state index in [0.717, 1.165) is 32.4 Å². The molecular weight excluding hydrogens is 114 g/mol. The zero-order chi connectivity index (χ0) is 6.69. The van der Waals surface area contributed by atoms with Gasteiger partial charge in [-0.3, -0.25) is 0 Å². The molecule has 0 aromatic carbocycles. The Balaban J connectivity index is 2.25. The molecule has 1 aliphatic heterocycles. The number of aliphatic hydroxyl groups excluding tert-OH is 1. The highest BCUT2D eigenvalue weighted by atomic mass is 16.3. The predicted molar refractivity (Wildman–Crippen MR) is 37.4 cm³/mol. The van der Waals surface area contributed by atoms with Crippen molar-refractivity contribution in [3.63, 3.8) is 0 Å². The van der Waals surface area contributed by atoms with Gasteiger partial charge < -0.3 is 10.0 Å². The topological polar surface area (TPSA) is 23.5 Å². The van der Waals surface area contributed by atoms with Crippen LogP contribution in [0.2, 0.25) is 0 Å². The van der Waals surface area contributed by atoms with Crippen molar-refractivity contribution in [1.82, 2.24) is 4.90 Å². The monoisotopic (exact) mass is 129 g/mol. The van der Waals surface area contributed by atoms with Crippen molar-refractivity contribution < 1.29 is 5.11 Å². The molecule has 0 radical (unpaired) electrons. The largest absolute Gasteiger partial charge is 0.393 e. The molecule has 9 heavy (non-hydrogen) atoms. The van der Waals surface area contributed by atoms with E-state index in [1.54, 1.807) is 0 Å². The first-order valence-electron chi connectivity index (χ1n) is 3.65. The Morgan fingerprint density at radius 2 is 2.11 bits per heavy atom. The van der Waals surface area contributed by atoms with Crippen LogP contribution in [0, 0.1) is 0 Å². The lowest BCUT2D eigenvalue weighted by atomic mass is 10.2. The molecule has 1 heterocycles. The maximum absolute atomic E-state index is 9.18. The van der Waals surface area contributed by atoms with E-state index in [1.807, 2.05) is 0 Å². The molecule has 2 heteroatoms. The minimum atomic E-state index is -0.0325. The van der Waals surface area contributed by atoms with Gasteiger partial charge in [0.2, 0.25) is 0 Å². The van der Waals surface area contributed by atoms with Crippen molar-refractivity contribution in [2.45, 2.75) is 25.4 Å². The Morgan fingerprint density at radius 3 is 2.89 bits per heavy atom. The molecule has 1 rings (SSSR count). The number of aliphatic hydroxyl groups is 1. The number of rotatable bonds is 0. The van der Waals surface area contributed by atoms with Gasteiger partial charge in [0.15, 0.2) is 0 Å². The summed E-state index contributed by atoms with van der Waals surface area (Å²) >= 11 is 0. The van der Waals surface area contributed by atoms with Gasteiger partial charge in [-0.05, 0) is 32.9 Å². The Bertz CT molecular complexity index is 75.0. The van der Waals surface area contributed by atoms with Crippen LogP contribution in [0.3, 0.4) is 0 Å². The Morgan fingerprint density at radius 1 is 1.33 bits per heavy atom. The average Bonchev–Trinajstić information content (AvgIpc) is 1.97. The molecule has 1 N–H and O–H groups in total. The molecule has 0 amide bonds. The van der Waals surface area contributed by atoms with E-state index in [-0.39, 0.29) is 6.10 Å². The average molecular weight is 129 g/mol. The minimum Gasteiger partial charge on any atom is -0.393 e. The quantitative estimate of drug-likeness (QED) is 0.513. The van der Waals surface area contributed by atoms with Gasteiger partial charge >= 0.3 is 0 Å². The normalized spacial score (nSPS) is 32.0. The van der Waals surface area contributed by atoms with Gasteiger partial charge in [0.25, 0.3) is 0 Å². The molecule has 0 bridgehead atoms.